The zero-order valence-corrected chi connectivity index (χ0v) is 15.8. The maximum absolute atomic E-state index is 10.8. The zero-order chi connectivity index (χ0) is 18.4. The van der Waals surface area contributed by atoms with Crippen LogP contribution in [-0.2, 0) is 4.79 Å². The van der Waals surface area contributed by atoms with Gasteiger partial charge < -0.3 is 24.5 Å². The number of likely N-dealkylation sites (N-methyl/N-ethyl adjacent to an activating group) is 4. The summed E-state index contributed by atoms with van der Waals surface area (Å²) in [5.74, 6) is 0.574. The molecule has 1 unspecified atom stereocenters. The number of nitrogens with zero attached hydrogens (tertiary/aromatic N) is 5. The van der Waals surface area contributed by atoms with Gasteiger partial charge in [-0.1, -0.05) is 6.92 Å². The van der Waals surface area contributed by atoms with Crippen molar-refractivity contribution in [1.29, 1.82) is 0 Å². The van der Waals surface area contributed by atoms with Crippen LogP contribution in [0.25, 0.3) is 0 Å². The number of likely N-dealkylation sites (tertiary alicyclic amines) is 1. The van der Waals surface area contributed by atoms with Crippen LogP contribution in [-0.4, -0.2) is 110 Å². The van der Waals surface area contributed by atoms with Crippen LogP contribution in [0.4, 0.5) is 9.59 Å². The van der Waals surface area contributed by atoms with Gasteiger partial charge in [-0.25, -0.2) is 9.59 Å². The number of carbonyl (C=O) groups excluding carboxylic acids is 3. The Bertz CT molecular complexity index is 368. The lowest BCUT2D eigenvalue weighted by atomic mass is 10.1. The van der Waals surface area contributed by atoms with Gasteiger partial charge in [-0.05, 0) is 6.42 Å². The molecule has 1 atom stereocenters. The quantitative estimate of drug-likeness (QED) is 0.642. The van der Waals surface area contributed by atoms with Crippen LogP contribution < -0.4 is 0 Å². The van der Waals surface area contributed by atoms with Crippen molar-refractivity contribution in [3.05, 3.63) is 0 Å². The SMILES string of the molecule is CC1CCN(C)C1=O.CN1CCN(C)C1=O.CN1CCN(C)C1=O. The van der Waals surface area contributed by atoms with E-state index >= 15 is 0 Å². The van der Waals surface area contributed by atoms with E-state index in [1.807, 2.05) is 42.2 Å². The van der Waals surface area contributed by atoms with Gasteiger partial charge in [0.25, 0.3) is 0 Å². The largest absolute Gasteiger partial charge is 0.346 e. The molecule has 3 aliphatic heterocycles. The van der Waals surface area contributed by atoms with E-state index in [9.17, 15) is 14.4 Å². The molecule has 0 radical (unpaired) electrons. The summed E-state index contributed by atoms with van der Waals surface area (Å²) in [5.41, 5.74) is 0. The molecule has 0 N–H and O–H groups in total. The first kappa shape index (κ1) is 20.1. The average Bonchev–Trinajstić information content (AvgIpc) is 3.13. The molecule has 0 aromatic rings. The first-order chi connectivity index (χ1) is 11.1. The lowest BCUT2D eigenvalue weighted by Crippen LogP contribution is -2.25. The van der Waals surface area contributed by atoms with Crippen LogP contribution in [0.5, 0.6) is 0 Å². The third kappa shape index (κ3) is 5.28. The summed E-state index contributed by atoms with van der Waals surface area (Å²) in [5, 5.41) is 0. The van der Waals surface area contributed by atoms with E-state index in [-0.39, 0.29) is 18.0 Å². The Labute approximate surface area is 144 Å². The Kier molecular flexibility index (Phi) is 7.31. The van der Waals surface area contributed by atoms with Crippen molar-refractivity contribution in [2.75, 3.05) is 68.0 Å². The van der Waals surface area contributed by atoms with E-state index < -0.39 is 0 Å². The van der Waals surface area contributed by atoms with Crippen LogP contribution in [0.15, 0.2) is 0 Å². The molecule has 0 aromatic carbocycles. The van der Waals surface area contributed by atoms with E-state index in [1.54, 1.807) is 24.5 Å². The highest BCUT2D eigenvalue weighted by Crippen LogP contribution is 2.13. The molecule has 5 amide bonds. The maximum atomic E-state index is 10.8. The van der Waals surface area contributed by atoms with Crippen molar-refractivity contribution in [1.82, 2.24) is 24.5 Å². The standard InChI is InChI=1S/C6H11NO.2C5H10N2O/c1-5-3-4-7(2)6(5)8;2*1-6-3-4-7(2)5(6)8/h5H,3-4H2,1-2H3;2*3-4H2,1-2H3. The molecule has 24 heavy (non-hydrogen) atoms. The predicted molar refractivity (Wildman–Crippen MR) is 92.7 cm³/mol. The Hall–Kier alpha value is -1.99. The molecule has 0 aliphatic carbocycles. The second kappa shape index (κ2) is 8.75. The van der Waals surface area contributed by atoms with Gasteiger partial charge in [0.1, 0.15) is 0 Å². The molecule has 3 rings (SSSR count). The van der Waals surface area contributed by atoms with E-state index in [1.165, 1.54) is 0 Å². The predicted octanol–water partition coefficient (Wildman–Crippen LogP) is 0.452. The fourth-order valence-corrected chi connectivity index (χ4v) is 2.56. The number of amides is 5. The highest BCUT2D eigenvalue weighted by atomic mass is 16.2. The van der Waals surface area contributed by atoms with Crippen molar-refractivity contribution in [3.8, 4) is 0 Å². The van der Waals surface area contributed by atoms with Gasteiger partial charge in [-0.3, -0.25) is 4.79 Å². The lowest BCUT2D eigenvalue weighted by molar-refractivity contribution is -0.129. The molecule has 3 fully saturated rings. The Morgan fingerprint density at radius 2 is 0.958 bits per heavy atom. The molecule has 138 valence electrons. The smallest absolute Gasteiger partial charge is 0.319 e. The fourth-order valence-electron chi connectivity index (χ4n) is 2.56. The van der Waals surface area contributed by atoms with E-state index in [2.05, 4.69) is 0 Å². The number of rotatable bonds is 0. The average molecular weight is 341 g/mol. The second-order valence-corrected chi connectivity index (χ2v) is 6.70. The van der Waals surface area contributed by atoms with Gasteiger partial charge in [0.2, 0.25) is 5.91 Å². The Morgan fingerprint density at radius 3 is 1.04 bits per heavy atom. The monoisotopic (exact) mass is 341 g/mol. The number of hydrogen-bond acceptors (Lipinski definition) is 3. The minimum absolute atomic E-state index is 0.130. The third-order valence-corrected chi connectivity index (χ3v) is 4.54. The first-order valence-corrected chi connectivity index (χ1v) is 8.32. The number of urea groups is 2. The molecule has 3 aliphatic rings. The zero-order valence-electron chi connectivity index (χ0n) is 15.8. The van der Waals surface area contributed by atoms with Gasteiger partial charge in [-0.15, -0.1) is 0 Å². The van der Waals surface area contributed by atoms with Gasteiger partial charge in [0.05, 0.1) is 0 Å². The van der Waals surface area contributed by atoms with Crippen LogP contribution in [0.1, 0.15) is 13.3 Å². The van der Waals surface area contributed by atoms with Gasteiger partial charge in [0, 0.05) is 73.9 Å². The first-order valence-electron chi connectivity index (χ1n) is 8.32. The maximum Gasteiger partial charge on any atom is 0.319 e. The summed E-state index contributed by atoms with van der Waals surface area (Å²) in [6.45, 7) is 6.40. The van der Waals surface area contributed by atoms with Crippen molar-refractivity contribution in [2.45, 2.75) is 13.3 Å². The summed E-state index contributed by atoms with van der Waals surface area (Å²) in [6.07, 6.45) is 1.04. The molecular formula is C16H31N5O3. The molecule has 0 spiro atoms. The highest BCUT2D eigenvalue weighted by Gasteiger charge is 2.24. The summed E-state index contributed by atoms with van der Waals surface area (Å²) in [4.78, 5) is 41.0. The summed E-state index contributed by atoms with van der Waals surface area (Å²) in [7, 11) is 9.10. The minimum Gasteiger partial charge on any atom is -0.346 e. The molecule has 0 saturated carbocycles. The van der Waals surface area contributed by atoms with E-state index in [0.29, 0.717) is 5.91 Å². The number of carbonyl (C=O) groups is 3. The van der Waals surface area contributed by atoms with Gasteiger partial charge in [0.15, 0.2) is 0 Å². The van der Waals surface area contributed by atoms with Crippen LogP contribution >= 0.6 is 0 Å². The van der Waals surface area contributed by atoms with Crippen molar-refractivity contribution < 1.29 is 14.4 Å². The molecule has 3 heterocycles. The summed E-state index contributed by atoms with van der Waals surface area (Å²) in [6, 6.07) is 0.259. The molecule has 8 nitrogen and oxygen atoms in total. The molecule has 0 aromatic heterocycles. The molecular weight excluding hydrogens is 310 g/mol. The van der Waals surface area contributed by atoms with Crippen LogP contribution in [0, 0.1) is 5.92 Å². The highest BCUT2D eigenvalue weighted by molar-refractivity contribution is 5.80. The Morgan fingerprint density at radius 1 is 0.625 bits per heavy atom. The summed E-state index contributed by atoms with van der Waals surface area (Å²) < 4.78 is 0. The second-order valence-electron chi connectivity index (χ2n) is 6.70. The van der Waals surface area contributed by atoms with Crippen LogP contribution in [0.2, 0.25) is 0 Å². The summed E-state index contributed by atoms with van der Waals surface area (Å²) >= 11 is 0. The molecule has 8 heteroatoms. The van der Waals surface area contributed by atoms with Gasteiger partial charge in [-0.2, -0.15) is 0 Å². The molecule has 3 saturated heterocycles. The lowest BCUT2D eigenvalue weighted by Gasteiger charge is -2.07. The van der Waals surface area contributed by atoms with E-state index in [0.717, 1.165) is 39.1 Å². The normalized spacial score (nSPS) is 23.5. The topological polar surface area (TPSA) is 67.4 Å². The fraction of sp³-hybridized carbons (Fsp3) is 0.812. The van der Waals surface area contributed by atoms with Crippen LogP contribution in [0.3, 0.4) is 0 Å². The van der Waals surface area contributed by atoms with Crippen molar-refractivity contribution >= 4 is 18.0 Å². The van der Waals surface area contributed by atoms with Crippen molar-refractivity contribution in [3.63, 3.8) is 0 Å². The van der Waals surface area contributed by atoms with E-state index in [4.69, 9.17) is 0 Å². The molecule has 0 bridgehead atoms. The third-order valence-electron chi connectivity index (χ3n) is 4.54. The van der Waals surface area contributed by atoms with Gasteiger partial charge >= 0.3 is 12.1 Å². The number of hydrogen-bond donors (Lipinski definition) is 0. The minimum atomic E-state index is 0.130. The van der Waals surface area contributed by atoms with Crippen molar-refractivity contribution in [2.24, 2.45) is 5.92 Å². The Balaban J connectivity index is 0.000000180.